The molecular formula is C26H51NO. The number of hydrogen-bond donors (Lipinski definition) is 0. The molecule has 2 unspecified atom stereocenters. The summed E-state index contributed by atoms with van der Waals surface area (Å²) in [6.45, 7) is 11.0. The monoisotopic (exact) mass is 393 g/mol. The number of carbonyl (C=O) groups is 1. The Balaban J connectivity index is 3.62. The lowest BCUT2D eigenvalue weighted by atomic mass is 10.1. The average Bonchev–Trinajstić information content (AvgIpc) is 2.70. The van der Waals surface area contributed by atoms with Gasteiger partial charge in [0.1, 0.15) is 0 Å². The highest BCUT2D eigenvalue weighted by Crippen LogP contribution is 2.16. The van der Waals surface area contributed by atoms with E-state index in [2.05, 4.69) is 51.7 Å². The van der Waals surface area contributed by atoms with Gasteiger partial charge in [0.2, 0.25) is 5.91 Å². The Morgan fingerprint density at radius 3 is 1.57 bits per heavy atom. The van der Waals surface area contributed by atoms with E-state index in [9.17, 15) is 4.79 Å². The Kier molecular flexibility index (Phi) is 19.0. The van der Waals surface area contributed by atoms with E-state index in [4.69, 9.17) is 0 Å². The van der Waals surface area contributed by atoms with E-state index in [-0.39, 0.29) is 0 Å². The number of allylic oxidation sites excluding steroid dienone is 2. The molecule has 0 aliphatic heterocycles. The Labute approximate surface area is 177 Å². The largest absolute Gasteiger partial charge is 0.337 e. The van der Waals surface area contributed by atoms with Crippen LogP contribution in [0, 0.1) is 0 Å². The second kappa shape index (κ2) is 19.5. The van der Waals surface area contributed by atoms with Gasteiger partial charge < -0.3 is 4.90 Å². The van der Waals surface area contributed by atoms with Crippen molar-refractivity contribution in [3.63, 3.8) is 0 Å². The Morgan fingerprint density at radius 2 is 1.11 bits per heavy atom. The van der Waals surface area contributed by atoms with Gasteiger partial charge in [-0.15, -0.1) is 0 Å². The molecule has 0 bridgehead atoms. The molecule has 0 heterocycles. The molecule has 2 nitrogen and oxygen atoms in total. The molecule has 0 fully saturated rings. The van der Waals surface area contributed by atoms with Gasteiger partial charge in [0.15, 0.2) is 0 Å². The third kappa shape index (κ3) is 14.2. The molecule has 0 aromatic carbocycles. The highest BCUT2D eigenvalue weighted by molar-refractivity contribution is 5.76. The molecule has 166 valence electrons. The summed E-state index contributed by atoms with van der Waals surface area (Å²) in [4.78, 5) is 14.7. The zero-order valence-electron chi connectivity index (χ0n) is 20.0. The first-order valence-corrected chi connectivity index (χ1v) is 12.5. The van der Waals surface area contributed by atoms with Crippen molar-refractivity contribution in [1.29, 1.82) is 0 Å². The van der Waals surface area contributed by atoms with Gasteiger partial charge in [-0.25, -0.2) is 0 Å². The van der Waals surface area contributed by atoms with Gasteiger partial charge in [-0.2, -0.15) is 0 Å². The van der Waals surface area contributed by atoms with Crippen LogP contribution in [0.1, 0.15) is 137 Å². The minimum atomic E-state index is 0.362. The number of nitrogens with zero attached hydrogens (tertiary/aromatic N) is 1. The molecule has 1 amide bonds. The summed E-state index contributed by atoms with van der Waals surface area (Å²) in [5, 5.41) is 0. The van der Waals surface area contributed by atoms with E-state index in [0.29, 0.717) is 18.0 Å². The molecule has 28 heavy (non-hydrogen) atoms. The van der Waals surface area contributed by atoms with Crippen LogP contribution in [-0.2, 0) is 4.79 Å². The zero-order chi connectivity index (χ0) is 21.0. The topological polar surface area (TPSA) is 20.3 Å². The van der Waals surface area contributed by atoms with E-state index >= 15 is 0 Å². The van der Waals surface area contributed by atoms with E-state index < -0.39 is 0 Å². The summed E-state index contributed by atoms with van der Waals surface area (Å²) >= 11 is 0. The summed E-state index contributed by atoms with van der Waals surface area (Å²) < 4.78 is 0. The van der Waals surface area contributed by atoms with Crippen molar-refractivity contribution < 1.29 is 4.79 Å². The number of rotatable bonds is 19. The van der Waals surface area contributed by atoms with E-state index in [1.165, 1.54) is 77.0 Å². The predicted octanol–water partition coefficient (Wildman–Crippen LogP) is 8.45. The van der Waals surface area contributed by atoms with Crippen molar-refractivity contribution in [3.05, 3.63) is 12.2 Å². The second-order valence-corrected chi connectivity index (χ2v) is 8.65. The maximum absolute atomic E-state index is 12.6. The van der Waals surface area contributed by atoms with Crippen LogP contribution in [0.15, 0.2) is 12.2 Å². The molecule has 2 heteroatoms. The van der Waals surface area contributed by atoms with Crippen LogP contribution in [-0.4, -0.2) is 22.9 Å². The maximum Gasteiger partial charge on any atom is 0.223 e. The molecule has 0 rings (SSSR count). The minimum Gasteiger partial charge on any atom is -0.337 e. The van der Waals surface area contributed by atoms with Crippen molar-refractivity contribution in [2.75, 3.05) is 0 Å². The fourth-order valence-corrected chi connectivity index (χ4v) is 3.80. The molecule has 0 spiro atoms. The molecule has 0 saturated heterocycles. The highest BCUT2D eigenvalue weighted by Gasteiger charge is 2.22. The third-order valence-electron chi connectivity index (χ3n) is 6.07. The van der Waals surface area contributed by atoms with Gasteiger partial charge in [-0.3, -0.25) is 4.79 Å². The highest BCUT2D eigenvalue weighted by atomic mass is 16.2. The lowest BCUT2D eigenvalue weighted by molar-refractivity contribution is -0.135. The molecule has 0 aromatic heterocycles. The Hall–Kier alpha value is -0.790. The summed E-state index contributed by atoms with van der Waals surface area (Å²) in [5.74, 6) is 0.362. The van der Waals surface area contributed by atoms with Gasteiger partial charge in [-0.1, -0.05) is 84.3 Å². The van der Waals surface area contributed by atoms with E-state index in [1.807, 2.05) is 0 Å². The molecule has 0 aliphatic rings. The first kappa shape index (κ1) is 27.2. The summed E-state index contributed by atoms with van der Waals surface area (Å²) in [6, 6.07) is 0.733. The number of unbranched alkanes of at least 4 members (excludes halogenated alkanes) is 11. The standard InChI is InChI=1S/C26H51NO/c1-6-9-10-11-12-13-14-15-16-17-18-19-20-21-22-23-26(28)27(24(4)7-2)25(5)8-3/h15-16,24-25H,6-14,17-23H2,1-5H3/b16-15-. The van der Waals surface area contributed by atoms with E-state index in [1.54, 1.807) is 0 Å². The number of amides is 1. The van der Waals surface area contributed by atoms with E-state index in [0.717, 1.165) is 25.7 Å². The Morgan fingerprint density at radius 1 is 0.679 bits per heavy atom. The molecule has 0 saturated carbocycles. The van der Waals surface area contributed by atoms with Crippen molar-refractivity contribution >= 4 is 5.91 Å². The SMILES string of the molecule is CCCCCCCC/C=C\CCCCCCCC(=O)N(C(C)CC)C(C)CC. The van der Waals surface area contributed by atoms with Gasteiger partial charge in [0.05, 0.1) is 0 Å². The summed E-state index contributed by atoms with van der Waals surface area (Å²) in [6.07, 6.45) is 24.5. The van der Waals surface area contributed by atoms with Crippen LogP contribution in [0.3, 0.4) is 0 Å². The molecule has 0 radical (unpaired) electrons. The van der Waals surface area contributed by atoms with Crippen molar-refractivity contribution in [2.45, 2.75) is 149 Å². The van der Waals surface area contributed by atoms with Crippen LogP contribution >= 0.6 is 0 Å². The molecule has 0 aromatic rings. The fourth-order valence-electron chi connectivity index (χ4n) is 3.80. The third-order valence-corrected chi connectivity index (χ3v) is 6.07. The predicted molar refractivity (Wildman–Crippen MR) is 126 cm³/mol. The molecule has 2 atom stereocenters. The van der Waals surface area contributed by atoms with Crippen molar-refractivity contribution in [2.24, 2.45) is 0 Å². The molecule has 0 aliphatic carbocycles. The average molecular weight is 394 g/mol. The van der Waals surface area contributed by atoms with Gasteiger partial charge >= 0.3 is 0 Å². The van der Waals surface area contributed by atoms with Crippen LogP contribution in [0.5, 0.6) is 0 Å². The first-order valence-electron chi connectivity index (χ1n) is 12.5. The van der Waals surface area contributed by atoms with Gasteiger partial charge in [0, 0.05) is 18.5 Å². The lowest BCUT2D eigenvalue weighted by Gasteiger charge is -2.34. The molecule has 0 N–H and O–H groups in total. The van der Waals surface area contributed by atoms with Gasteiger partial charge in [-0.05, 0) is 58.8 Å². The quantitative estimate of drug-likeness (QED) is 0.159. The maximum atomic E-state index is 12.6. The summed E-state index contributed by atoms with van der Waals surface area (Å²) in [7, 11) is 0. The molecular weight excluding hydrogens is 342 g/mol. The number of carbonyl (C=O) groups excluding carboxylic acids is 1. The van der Waals surface area contributed by atoms with Gasteiger partial charge in [0.25, 0.3) is 0 Å². The van der Waals surface area contributed by atoms with Crippen LogP contribution in [0.2, 0.25) is 0 Å². The van der Waals surface area contributed by atoms with Crippen molar-refractivity contribution in [1.82, 2.24) is 4.90 Å². The first-order chi connectivity index (χ1) is 13.6. The lowest BCUT2D eigenvalue weighted by Crippen LogP contribution is -2.44. The second-order valence-electron chi connectivity index (χ2n) is 8.65. The van der Waals surface area contributed by atoms with Crippen LogP contribution in [0.4, 0.5) is 0 Å². The minimum absolute atomic E-state index is 0.362. The van der Waals surface area contributed by atoms with Crippen LogP contribution in [0.25, 0.3) is 0 Å². The van der Waals surface area contributed by atoms with Crippen molar-refractivity contribution in [3.8, 4) is 0 Å². The zero-order valence-corrected chi connectivity index (χ0v) is 20.0. The Bertz CT molecular complexity index is 367. The smallest absolute Gasteiger partial charge is 0.223 e. The fraction of sp³-hybridized carbons (Fsp3) is 0.885. The normalized spacial score (nSPS) is 13.8. The van der Waals surface area contributed by atoms with Crippen LogP contribution < -0.4 is 0 Å². The number of hydrogen-bond acceptors (Lipinski definition) is 1. The summed E-state index contributed by atoms with van der Waals surface area (Å²) in [5.41, 5.74) is 0.